The van der Waals surface area contributed by atoms with Crippen molar-refractivity contribution in [3.05, 3.63) is 47.9 Å². The number of hydrogen-bond donors (Lipinski definition) is 1. The molecule has 18 heavy (non-hydrogen) atoms. The lowest BCUT2D eigenvalue weighted by atomic mass is 9.86. The zero-order chi connectivity index (χ0) is 13.3. The maximum absolute atomic E-state index is 11.0. The van der Waals surface area contributed by atoms with Gasteiger partial charge >= 0.3 is 5.97 Å². The third-order valence-corrected chi connectivity index (χ3v) is 2.92. The smallest absolute Gasteiger partial charge is 0.372 e. The first-order valence-corrected chi connectivity index (χ1v) is 5.81. The zero-order valence-corrected chi connectivity index (χ0v) is 10.7. The fraction of sp³-hybridized carbons (Fsp3) is 0.267. The van der Waals surface area contributed by atoms with Crippen LogP contribution in [0.3, 0.4) is 0 Å². The van der Waals surface area contributed by atoms with Gasteiger partial charge in [0.15, 0.2) is 0 Å². The average molecular weight is 244 g/mol. The quantitative estimate of drug-likeness (QED) is 0.870. The van der Waals surface area contributed by atoms with E-state index < -0.39 is 5.97 Å². The van der Waals surface area contributed by atoms with Crippen LogP contribution >= 0.6 is 0 Å². The van der Waals surface area contributed by atoms with E-state index in [1.807, 2.05) is 24.3 Å². The lowest BCUT2D eigenvalue weighted by molar-refractivity contribution is 0.0663. The SMILES string of the molecule is CC(C)(C)c1ccc(-c2ccoc2C(=O)O)cc1. The van der Waals surface area contributed by atoms with Crippen LogP contribution in [0.15, 0.2) is 41.0 Å². The Morgan fingerprint density at radius 3 is 2.22 bits per heavy atom. The Kier molecular flexibility index (Phi) is 2.99. The molecule has 0 saturated carbocycles. The maximum Gasteiger partial charge on any atom is 0.372 e. The summed E-state index contributed by atoms with van der Waals surface area (Å²) < 4.78 is 4.98. The predicted molar refractivity (Wildman–Crippen MR) is 69.8 cm³/mol. The number of rotatable bonds is 2. The number of hydrogen-bond acceptors (Lipinski definition) is 2. The van der Waals surface area contributed by atoms with Crippen molar-refractivity contribution in [2.75, 3.05) is 0 Å². The molecule has 0 saturated heterocycles. The fourth-order valence-corrected chi connectivity index (χ4v) is 1.85. The lowest BCUT2D eigenvalue weighted by Gasteiger charge is -2.19. The summed E-state index contributed by atoms with van der Waals surface area (Å²) in [6.45, 7) is 6.42. The molecule has 2 aromatic rings. The van der Waals surface area contributed by atoms with E-state index in [4.69, 9.17) is 9.52 Å². The molecule has 3 heteroatoms. The number of carboxylic acids is 1. The number of aromatic carboxylic acids is 1. The van der Waals surface area contributed by atoms with Gasteiger partial charge in [-0.25, -0.2) is 4.79 Å². The molecular weight excluding hydrogens is 228 g/mol. The molecule has 0 unspecified atom stereocenters. The summed E-state index contributed by atoms with van der Waals surface area (Å²) in [6.07, 6.45) is 1.40. The summed E-state index contributed by atoms with van der Waals surface area (Å²) in [5.74, 6) is -1.06. The van der Waals surface area contributed by atoms with E-state index in [1.165, 1.54) is 11.8 Å². The second-order valence-electron chi connectivity index (χ2n) is 5.30. The van der Waals surface area contributed by atoms with Crippen LogP contribution in [-0.4, -0.2) is 11.1 Å². The van der Waals surface area contributed by atoms with Gasteiger partial charge in [-0.15, -0.1) is 0 Å². The van der Waals surface area contributed by atoms with Gasteiger partial charge in [-0.05, 0) is 22.6 Å². The fourth-order valence-electron chi connectivity index (χ4n) is 1.85. The van der Waals surface area contributed by atoms with E-state index in [2.05, 4.69) is 20.8 Å². The van der Waals surface area contributed by atoms with Gasteiger partial charge in [-0.2, -0.15) is 0 Å². The number of carbonyl (C=O) groups is 1. The van der Waals surface area contributed by atoms with E-state index in [0.29, 0.717) is 5.56 Å². The van der Waals surface area contributed by atoms with Crippen LogP contribution in [-0.2, 0) is 5.41 Å². The Morgan fingerprint density at radius 1 is 1.11 bits per heavy atom. The van der Waals surface area contributed by atoms with E-state index >= 15 is 0 Å². The van der Waals surface area contributed by atoms with Gasteiger partial charge in [0.2, 0.25) is 5.76 Å². The molecule has 1 aromatic heterocycles. The molecule has 0 amide bonds. The van der Waals surface area contributed by atoms with Crippen LogP contribution in [0.4, 0.5) is 0 Å². The maximum atomic E-state index is 11.0. The van der Waals surface area contributed by atoms with Gasteiger partial charge in [0.25, 0.3) is 0 Å². The van der Waals surface area contributed by atoms with Crippen molar-refractivity contribution >= 4 is 5.97 Å². The minimum absolute atomic E-state index is 0.0153. The molecule has 0 aliphatic carbocycles. The second-order valence-corrected chi connectivity index (χ2v) is 5.30. The highest BCUT2D eigenvalue weighted by molar-refractivity contribution is 5.93. The minimum Gasteiger partial charge on any atom is -0.475 e. The number of benzene rings is 1. The van der Waals surface area contributed by atoms with E-state index in [0.717, 1.165) is 5.56 Å². The molecule has 1 heterocycles. The average Bonchev–Trinajstić information content (AvgIpc) is 2.77. The van der Waals surface area contributed by atoms with Crippen molar-refractivity contribution < 1.29 is 14.3 Å². The highest BCUT2D eigenvalue weighted by Crippen LogP contribution is 2.28. The first-order chi connectivity index (χ1) is 8.39. The molecule has 2 rings (SSSR count). The van der Waals surface area contributed by atoms with Gasteiger partial charge in [0, 0.05) is 5.56 Å². The van der Waals surface area contributed by atoms with Gasteiger partial charge in [0.05, 0.1) is 6.26 Å². The van der Waals surface area contributed by atoms with Gasteiger partial charge in [-0.1, -0.05) is 45.0 Å². The van der Waals surface area contributed by atoms with Crippen molar-refractivity contribution in [1.82, 2.24) is 0 Å². The first-order valence-electron chi connectivity index (χ1n) is 5.81. The first kappa shape index (κ1) is 12.4. The summed E-state index contributed by atoms with van der Waals surface area (Å²) >= 11 is 0. The molecule has 0 aliphatic heterocycles. The molecule has 3 nitrogen and oxygen atoms in total. The number of furan rings is 1. The largest absolute Gasteiger partial charge is 0.475 e. The van der Waals surface area contributed by atoms with Crippen molar-refractivity contribution in [2.45, 2.75) is 26.2 Å². The zero-order valence-electron chi connectivity index (χ0n) is 10.7. The molecule has 0 aliphatic rings. The second kappa shape index (κ2) is 4.33. The van der Waals surface area contributed by atoms with Crippen LogP contribution in [0.5, 0.6) is 0 Å². The Morgan fingerprint density at radius 2 is 1.72 bits per heavy atom. The number of carboxylic acid groups (broad SMARTS) is 1. The minimum atomic E-state index is -1.05. The molecule has 94 valence electrons. The topological polar surface area (TPSA) is 50.4 Å². The van der Waals surface area contributed by atoms with Crippen molar-refractivity contribution in [3.8, 4) is 11.1 Å². The van der Waals surface area contributed by atoms with Crippen LogP contribution in [0.2, 0.25) is 0 Å². The summed E-state index contributed by atoms with van der Waals surface area (Å²) in [4.78, 5) is 11.0. The van der Waals surface area contributed by atoms with E-state index in [1.54, 1.807) is 6.07 Å². The third kappa shape index (κ3) is 2.30. The molecule has 0 spiro atoms. The van der Waals surface area contributed by atoms with Crippen molar-refractivity contribution in [3.63, 3.8) is 0 Å². The van der Waals surface area contributed by atoms with E-state index in [-0.39, 0.29) is 11.2 Å². The molecule has 0 radical (unpaired) electrons. The molecular formula is C15H16O3. The monoisotopic (exact) mass is 244 g/mol. The Labute approximate surface area is 106 Å². The Hall–Kier alpha value is -2.03. The van der Waals surface area contributed by atoms with Crippen LogP contribution in [0.25, 0.3) is 11.1 Å². The van der Waals surface area contributed by atoms with Gasteiger partial charge in [0.1, 0.15) is 0 Å². The van der Waals surface area contributed by atoms with Crippen molar-refractivity contribution in [2.24, 2.45) is 0 Å². The predicted octanol–water partition coefficient (Wildman–Crippen LogP) is 3.94. The molecule has 0 atom stereocenters. The summed E-state index contributed by atoms with van der Waals surface area (Å²) in [6, 6.07) is 9.58. The Bertz CT molecular complexity index is 556. The normalized spacial score (nSPS) is 11.5. The molecule has 1 aromatic carbocycles. The van der Waals surface area contributed by atoms with Crippen LogP contribution < -0.4 is 0 Å². The third-order valence-electron chi connectivity index (χ3n) is 2.92. The summed E-state index contributed by atoms with van der Waals surface area (Å²) in [5, 5.41) is 9.01. The van der Waals surface area contributed by atoms with Gasteiger partial charge in [-0.3, -0.25) is 0 Å². The molecule has 0 bridgehead atoms. The van der Waals surface area contributed by atoms with Crippen LogP contribution in [0, 0.1) is 0 Å². The lowest BCUT2D eigenvalue weighted by Crippen LogP contribution is -2.10. The summed E-state index contributed by atoms with van der Waals surface area (Å²) in [5.41, 5.74) is 2.77. The molecule has 1 N–H and O–H groups in total. The highest BCUT2D eigenvalue weighted by Gasteiger charge is 2.17. The van der Waals surface area contributed by atoms with E-state index in [9.17, 15) is 4.79 Å². The van der Waals surface area contributed by atoms with Gasteiger partial charge < -0.3 is 9.52 Å². The summed E-state index contributed by atoms with van der Waals surface area (Å²) in [7, 11) is 0. The van der Waals surface area contributed by atoms with Crippen LogP contribution in [0.1, 0.15) is 36.9 Å². The Balaban J connectivity index is 2.41. The van der Waals surface area contributed by atoms with Crippen molar-refractivity contribution in [1.29, 1.82) is 0 Å². The standard InChI is InChI=1S/C15H16O3/c1-15(2,3)11-6-4-10(5-7-11)12-8-9-18-13(12)14(16)17/h4-9H,1-3H3,(H,16,17). The molecule has 0 fully saturated rings. The highest BCUT2D eigenvalue weighted by atomic mass is 16.4.